The van der Waals surface area contributed by atoms with Crippen molar-refractivity contribution in [3.05, 3.63) is 64.3 Å². The van der Waals surface area contributed by atoms with Gasteiger partial charge in [0.2, 0.25) is 0 Å². The van der Waals surface area contributed by atoms with Crippen LogP contribution in [0.5, 0.6) is 0 Å². The van der Waals surface area contributed by atoms with Gasteiger partial charge in [0, 0.05) is 23.1 Å². The molecule has 3 rings (SSSR count). The molecule has 2 heterocycles. The molecule has 102 valence electrons. The summed E-state index contributed by atoms with van der Waals surface area (Å²) in [4.78, 5) is 4.43. The van der Waals surface area contributed by atoms with E-state index in [0.717, 1.165) is 11.3 Å². The van der Waals surface area contributed by atoms with Gasteiger partial charge in [-0.15, -0.1) is 0 Å². The zero-order valence-corrected chi connectivity index (χ0v) is 11.8. The summed E-state index contributed by atoms with van der Waals surface area (Å²) in [6.45, 7) is 0.471. The molecule has 20 heavy (non-hydrogen) atoms. The minimum absolute atomic E-state index is 0.356. The van der Waals surface area contributed by atoms with Crippen molar-refractivity contribution < 1.29 is 4.39 Å². The molecule has 0 aliphatic rings. The molecule has 0 saturated heterocycles. The van der Waals surface area contributed by atoms with E-state index in [-0.39, 0.29) is 5.82 Å². The average molecular weight is 310 g/mol. The Bertz CT molecular complexity index is 750. The van der Waals surface area contributed by atoms with E-state index in [1.54, 1.807) is 18.3 Å². The van der Waals surface area contributed by atoms with Crippen LogP contribution in [0.15, 0.2) is 42.7 Å². The predicted octanol–water partition coefficient (Wildman–Crippen LogP) is 4.39. The summed E-state index contributed by atoms with van der Waals surface area (Å²) in [5, 5.41) is 4.09. The number of pyridine rings is 1. The molecule has 0 atom stereocenters. The fraction of sp³-hybridized carbons (Fsp3) is 0.0714. The fourth-order valence-electron chi connectivity index (χ4n) is 1.95. The molecule has 0 radical (unpaired) electrons. The van der Waals surface area contributed by atoms with Crippen LogP contribution in [-0.2, 0) is 6.54 Å². The van der Waals surface area contributed by atoms with E-state index in [1.807, 2.05) is 16.7 Å². The van der Waals surface area contributed by atoms with Crippen LogP contribution in [-0.4, -0.2) is 9.38 Å². The summed E-state index contributed by atoms with van der Waals surface area (Å²) < 4.78 is 15.1. The number of nitrogens with one attached hydrogen (secondary N) is 1. The van der Waals surface area contributed by atoms with Crippen LogP contribution >= 0.6 is 23.2 Å². The molecule has 0 unspecified atom stereocenters. The van der Waals surface area contributed by atoms with E-state index in [0.29, 0.717) is 22.3 Å². The van der Waals surface area contributed by atoms with Crippen LogP contribution < -0.4 is 5.32 Å². The molecule has 3 aromatic rings. The van der Waals surface area contributed by atoms with Crippen LogP contribution in [0.25, 0.3) is 5.65 Å². The van der Waals surface area contributed by atoms with Crippen molar-refractivity contribution >= 4 is 34.5 Å². The van der Waals surface area contributed by atoms with Crippen LogP contribution in [0.3, 0.4) is 0 Å². The minimum atomic E-state index is -0.373. The summed E-state index contributed by atoms with van der Waals surface area (Å²) in [6, 6.07) is 7.94. The Morgan fingerprint density at radius 3 is 2.75 bits per heavy atom. The zero-order valence-electron chi connectivity index (χ0n) is 10.3. The van der Waals surface area contributed by atoms with Gasteiger partial charge in [-0.25, -0.2) is 9.37 Å². The third-order valence-electron chi connectivity index (χ3n) is 2.80. The first-order valence-electron chi connectivity index (χ1n) is 5.93. The van der Waals surface area contributed by atoms with Gasteiger partial charge in [-0.3, -0.25) is 0 Å². The Morgan fingerprint density at radius 2 is 1.95 bits per heavy atom. The smallest absolute Gasteiger partial charge is 0.137 e. The SMILES string of the molecule is Fc1cc(Cl)cc(NCc2cn3cc(Cl)ccc3n2)c1. The lowest BCUT2D eigenvalue weighted by atomic mass is 10.3. The molecular formula is C14H10Cl2FN3. The predicted molar refractivity (Wildman–Crippen MR) is 78.9 cm³/mol. The van der Waals surface area contributed by atoms with Gasteiger partial charge in [0.05, 0.1) is 17.3 Å². The van der Waals surface area contributed by atoms with Gasteiger partial charge in [-0.05, 0) is 30.3 Å². The van der Waals surface area contributed by atoms with Crippen molar-refractivity contribution in [2.75, 3.05) is 5.32 Å². The summed E-state index contributed by atoms with van der Waals surface area (Å²) in [5.41, 5.74) is 2.25. The number of nitrogens with zero attached hydrogens (tertiary/aromatic N) is 2. The van der Waals surface area contributed by atoms with E-state index < -0.39 is 0 Å². The topological polar surface area (TPSA) is 29.3 Å². The van der Waals surface area contributed by atoms with Crippen molar-refractivity contribution in [2.24, 2.45) is 0 Å². The number of rotatable bonds is 3. The summed E-state index contributed by atoms with van der Waals surface area (Å²) >= 11 is 11.7. The Kier molecular flexibility index (Phi) is 3.51. The van der Waals surface area contributed by atoms with Crippen molar-refractivity contribution in [1.82, 2.24) is 9.38 Å². The van der Waals surface area contributed by atoms with Crippen molar-refractivity contribution in [3.63, 3.8) is 0 Å². The van der Waals surface area contributed by atoms with E-state index in [9.17, 15) is 4.39 Å². The Morgan fingerprint density at radius 1 is 1.10 bits per heavy atom. The van der Waals surface area contributed by atoms with E-state index in [4.69, 9.17) is 23.2 Å². The normalized spacial score (nSPS) is 10.9. The molecule has 6 heteroatoms. The average Bonchev–Trinajstić information content (AvgIpc) is 2.77. The highest BCUT2D eigenvalue weighted by molar-refractivity contribution is 6.31. The first kappa shape index (κ1) is 13.2. The van der Waals surface area contributed by atoms with Gasteiger partial charge in [-0.1, -0.05) is 23.2 Å². The first-order valence-corrected chi connectivity index (χ1v) is 6.69. The monoisotopic (exact) mass is 309 g/mol. The van der Waals surface area contributed by atoms with Crippen LogP contribution in [0.4, 0.5) is 10.1 Å². The van der Waals surface area contributed by atoms with Crippen molar-refractivity contribution in [3.8, 4) is 0 Å². The number of hydrogen-bond acceptors (Lipinski definition) is 2. The van der Waals surface area contributed by atoms with Gasteiger partial charge in [0.1, 0.15) is 11.5 Å². The lowest BCUT2D eigenvalue weighted by Crippen LogP contribution is -1.99. The molecule has 1 aromatic carbocycles. The number of hydrogen-bond donors (Lipinski definition) is 1. The molecule has 3 nitrogen and oxygen atoms in total. The number of halogens is 3. The second kappa shape index (κ2) is 5.31. The van der Waals surface area contributed by atoms with Crippen LogP contribution in [0.2, 0.25) is 10.0 Å². The highest BCUT2D eigenvalue weighted by Crippen LogP contribution is 2.19. The second-order valence-electron chi connectivity index (χ2n) is 4.36. The third-order valence-corrected chi connectivity index (χ3v) is 3.24. The minimum Gasteiger partial charge on any atom is -0.379 e. The maximum Gasteiger partial charge on any atom is 0.137 e. The third kappa shape index (κ3) is 2.86. The molecule has 2 aromatic heterocycles. The summed E-state index contributed by atoms with van der Waals surface area (Å²) in [7, 11) is 0. The maximum absolute atomic E-state index is 13.2. The maximum atomic E-state index is 13.2. The van der Waals surface area contributed by atoms with Gasteiger partial charge >= 0.3 is 0 Å². The summed E-state index contributed by atoms with van der Waals surface area (Å²) in [6.07, 6.45) is 3.65. The number of fused-ring (bicyclic) bond motifs is 1. The van der Waals surface area contributed by atoms with Gasteiger partial charge in [0.15, 0.2) is 0 Å². The van der Waals surface area contributed by atoms with Crippen LogP contribution in [0, 0.1) is 5.82 Å². The van der Waals surface area contributed by atoms with Gasteiger partial charge in [0.25, 0.3) is 0 Å². The Hall–Kier alpha value is -1.78. The molecule has 0 spiro atoms. The lowest BCUT2D eigenvalue weighted by Gasteiger charge is -2.04. The summed E-state index contributed by atoms with van der Waals surface area (Å²) in [5.74, 6) is -0.373. The number of benzene rings is 1. The molecule has 0 saturated carbocycles. The second-order valence-corrected chi connectivity index (χ2v) is 5.23. The van der Waals surface area contributed by atoms with Gasteiger partial charge < -0.3 is 9.72 Å². The number of aromatic nitrogens is 2. The first-order chi connectivity index (χ1) is 9.60. The lowest BCUT2D eigenvalue weighted by molar-refractivity contribution is 0.628. The highest BCUT2D eigenvalue weighted by atomic mass is 35.5. The largest absolute Gasteiger partial charge is 0.379 e. The molecule has 0 aliphatic heterocycles. The van der Waals surface area contributed by atoms with Crippen molar-refractivity contribution in [1.29, 1.82) is 0 Å². The molecule has 0 aliphatic carbocycles. The Labute approximate surface area is 125 Å². The van der Waals surface area contributed by atoms with Gasteiger partial charge in [-0.2, -0.15) is 0 Å². The number of anilines is 1. The van der Waals surface area contributed by atoms with E-state index in [2.05, 4.69) is 10.3 Å². The highest BCUT2D eigenvalue weighted by Gasteiger charge is 2.03. The van der Waals surface area contributed by atoms with Crippen molar-refractivity contribution in [2.45, 2.75) is 6.54 Å². The Balaban J connectivity index is 1.79. The van der Waals surface area contributed by atoms with E-state index >= 15 is 0 Å². The fourth-order valence-corrected chi connectivity index (χ4v) is 2.34. The molecule has 0 bridgehead atoms. The molecule has 0 fully saturated rings. The molecular weight excluding hydrogens is 300 g/mol. The molecule has 0 amide bonds. The zero-order chi connectivity index (χ0) is 14.1. The van der Waals surface area contributed by atoms with E-state index in [1.165, 1.54) is 12.1 Å². The molecule has 1 N–H and O–H groups in total. The number of imidazole rings is 1. The van der Waals surface area contributed by atoms with Crippen LogP contribution in [0.1, 0.15) is 5.69 Å². The standard InChI is InChI=1S/C14H10Cl2FN3/c15-9-1-2-14-19-13(8-20(14)7-9)6-18-12-4-10(16)3-11(17)5-12/h1-5,7-8,18H,6H2. The quantitative estimate of drug-likeness (QED) is 0.777.